The Morgan fingerprint density at radius 1 is 1.67 bits per heavy atom. The van der Waals surface area contributed by atoms with Gasteiger partial charge in [0.2, 0.25) is 0 Å². The third-order valence-corrected chi connectivity index (χ3v) is 2.25. The van der Waals surface area contributed by atoms with Crippen LogP contribution >= 0.6 is 0 Å². The first-order chi connectivity index (χ1) is 4.34. The Morgan fingerprint density at radius 2 is 2.33 bits per heavy atom. The molecule has 0 nitrogen and oxygen atoms in total. The van der Waals surface area contributed by atoms with Gasteiger partial charge in [-0.25, -0.2) is 0 Å². The second kappa shape index (κ2) is 3.05. The lowest BCUT2D eigenvalue weighted by Gasteiger charge is -2.05. The molecule has 0 aromatic carbocycles. The summed E-state index contributed by atoms with van der Waals surface area (Å²) in [7, 11) is 0. The maximum Gasteiger partial charge on any atom is -0.0351 e. The fourth-order valence-electron chi connectivity index (χ4n) is 1.28. The van der Waals surface area contributed by atoms with E-state index in [2.05, 4.69) is 13.5 Å². The van der Waals surface area contributed by atoms with Crippen molar-refractivity contribution in [3.8, 4) is 0 Å². The molecule has 1 saturated carbocycles. The van der Waals surface area contributed by atoms with Gasteiger partial charge in [-0.2, -0.15) is 0 Å². The van der Waals surface area contributed by atoms with Crippen LogP contribution in [0.4, 0.5) is 0 Å². The van der Waals surface area contributed by atoms with Gasteiger partial charge in [0, 0.05) is 0 Å². The summed E-state index contributed by atoms with van der Waals surface area (Å²) in [5.41, 5.74) is 0. The van der Waals surface area contributed by atoms with Crippen molar-refractivity contribution < 1.29 is 0 Å². The van der Waals surface area contributed by atoms with E-state index in [1.807, 2.05) is 6.08 Å². The zero-order chi connectivity index (χ0) is 6.69. The van der Waals surface area contributed by atoms with Crippen LogP contribution in [0.5, 0.6) is 0 Å². The molecule has 0 heteroatoms. The predicted octanol–water partition coefficient (Wildman–Crippen LogP) is 3.00. The average Bonchev–Trinajstić information content (AvgIpc) is 2.63. The van der Waals surface area contributed by atoms with Gasteiger partial charge < -0.3 is 0 Å². The Hall–Kier alpha value is -0.260. The molecule has 1 rings (SSSR count). The van der Waals surface area contributed by atoms with E-state index in [-0.39, 0.29) is 0 Å². The van der Waals surface area contributed by atoms with Crippen LogP contribution in [0.25, 0.3) is 0 Å². The van der Waals surface area contributed by atoms with Gasteiger partial charge in [0.15, 0.2) is 0 Å². The Bertz CT molecular complexity index is 90.2. The number of rotatable bonds is 4. The predicted molar refractivity (Wildman–Crippen MR) is 41.3 cm³/mol. The zero-order valence-corrected chi connectivity index (χ0v) is 6.27. The molecule has 1 aliphatic rings. The highest BCUT2D eigenvalue weighted by Gasteiger charge is 2.26. The van der Waals surface area contributed by atoms with E-state index < -0.39 is 0 Å². The maximum atomic E-state index is 3.71. The van der Waals surface area contributed by atoms with Crippen LogP contribution in [-0.4, -0.2) is 0 Å². The van der Waals surface area contributed by atoms with Crippen molar-refractivity contribution in [2.45, 2.75) is 32.6 Å². The minimum atomic E-state index is 0.961. The largest absolute Gasteiger partial charge is 0.103 e. The Morgan fingerprint density at radius 3 is 2.78 bits per heavy atom. The van der Waals surface area contributed by atoms with Gasteiger partial charge in [-0.15, -0.1) is 6.58 Å². The van der Waals surface area contributed by atoms with Gasteiger partial charge in [-0.05, 0) is 37.5 Å². The van der Waals surface area contributed by atoms with Crippen molar-refractivity contribution >= 4 is 0 Å². The van der Waals surface area contributed by atoms with Crippen molar-refractivity contribution in [3.63, 3.8) is 0 Å². The molecule has 1 fully saturated rings. The minimum Gasteiger partial charge on any atom is -0.103 e. The smallest absolute Gasteiger partial charge is 0.0351 e. The molecule has 0 bridgehead atoms. The Kier molecular flexibility index (Phi) is 2.32. The van der Waals surface area contributed by atoms with Crippen molar-refractivity contribution in [2.75, 3.05) is 0 Å². The summed E-state index contributed by atoms with van der Waals surface area (Å²) in [4.78, 5) is 0. The zero-order valence-electron chi connectivity index (χ0n) is 6.27. The summed E-state index contributed by atoms with van der Waals surface area (Å²) in [6, 6.07) is 0. The highest BCUT2D eigenvalue weighted by atomic mass is 14.3. The minimum absolute atomic E-state index is 0.961. The molecule has 0 spiro atoms. The summed E-state index contributed by atoms with van der Waals surface area (Å²) in [5, 5.41) is 0. The summed E-state index contributed by atoms with van der Waals surface area (Å²) < 4.78 is 0. The normalized spacial score (nSPS) is 21.4. The molecule has 9 heavy (non-hydrogen) atoms. The van der Waals surface area contributed by atoms with Gasteiger partial charge in [-0.3, -0.25) is 0 Å². The first kappa shape index (κ1) is 6.85. The topological polar surface area (TPSA) is 0 Å². The number of allylic oxidation sites excluding steroid dienone is 1. The second-order valence-corrected chi connectivity index (χ2v) is 3.18. The molecular weight excluding hydrogens is 108 g/mol. The molecule has 0 aliphatic heterocycles. The first-order valence-corrected chi connectivity index (χ1v) is 3.95. The summed E-state index contributed by atoms with van der Waals surface area (Å²) in [6.45, 7) is 6.07. The SMILES string of the molecule is C=CCCC(C)C1CC1. The van der Waals surface area contributed by atoms with Crippen molar-refractivity contribution in [2.24, 2.45) is 11.8 Å². The van der Waals surface area contributed by atoms with Crippen LogP contribution < -0.4 is 0 Å². The van der Waals surface area contributed by atoms with E-state index in [4.69, 9.17) is 0 Å². The van der Waals surface area contributed by atoms with Gasteiger partial charge in [0.05, 0.1) is 0 Å². The standard InChI is InChI=1S/C9H16/c1-3-4-5-8(2)9-6-7-9/h3,8-9H,1,4-7H2,2H3. The van der Waals surface area contributed by atoms with Crippen LogP contribution in [0.3, 0.4) is 0 Å². The molecule has 52 valence electrons. The van der Waals surface area contributed by atoms with Crippen LogP contribution in [-0.2, 0) is 0 Å². The van der Waals surface area contributed by atoms with E-state index in [1.165, 1.54) is 25.7 Å². The lowest BCUT2D eigenvalue weighted by atomic mass is 10.0. The van der Waals surface area contributed by atoms with E-state index in [9.17, 15) is 0 Å². The van der Waals surface area contributed by atoms with Crippen LogP contribution in [0, 0.1) is 11.8 Å². The van der Waals surface area contributed by atoms with Crippen LogP contribution in [0.1, 0.15) is 32.6 Å². The van der Waals surface area contributed by atoms with Crippen molar-refractivity contribution in [1.29, 1.82) is 0 Å². The van der Waals surface area contributed by atoms with E-state index in [1.54, 1.807) is 0 Å². The second-order valence-electron chi connectivity index (χ2n) is 3.18. The van der Waals surface area contributed by atoms with Crippen LogP contribution in [0.15, 0.2) is 12.7 Å². The third kappa shape index (κ3) is 2.21. The molecule has 0 aromatic heterocycles. The molecule has 1 unspecified atom stereocenters. The molecule has 1 atom stereocenters. The third-order valence-electron chi connectivity index (χ3n) is 2.25. The molecular formula is C9H16. The molecule has 0 saturated heterocycles. The molecule has 0 radical (unpaired) electrons. The lowest BCUT2D eigenvalue weighted by molar-refractivity contribution is 0.475. The van der Waals surface area contributed by atoms with E-state index >= 15 is 0 Å². The van der Waals surface area contributed by atoms with Crippen LogP contribution in [0.2, 0.25) is 0 Å². The molecule has 0 amide bonds. The Labute approximate surface area is 58.0 Å². The summed E-state index contributed by atoms with van der Waals surface area (Å²) >= 11 is 0. The highest BCUT2D eigenvalue weighted by Crippen LogP contribution is 2.38. The maximum absolute atomic E-state index is 3.71. The number of hydrogen-bond donors (Lipinski definition) is 0. The highest BCUT2D eigenvalue weighted by molar-refractivity contribution is 4.80. The molecule has 0 heterocycles. The van der Waals surface area contributed by atoms with Crippen molar-refractivity contribution in [3.05, 3.63) is 12.7 Å². The summed E-state index contributed by atoms with van der Waals surface area (Å²) in [5.74, 6) is 2.04. The monoisotopic (exact) mass is 124 g/mol. The van der Waals surface area contributed by atoms with E-state index in [0.717, 1.165) is 11.8 Å². The quantitative estimate of drug-likeness (QED) is 0.505. The number of hydrogen-bond acceptors (Lipinski definition) is 0. The summed E-state index contributed by atoms with van der Waals surface area (Å²) in [6.07, 6.45) is 7.56. The first-order valence-electron chi connectivity index (χ1n) is 3.95. The average molecular weight is 124 g/mol. The molecule has 0 N–H and O–H groups in total. The van der Waals surface area contributed by atoms with Crippen molar-refractivity contribution in [1.82, 2.24) is 0 Å². The molecule has 1 aliphatic carbocycles. The molecule has 0 aromatic rings. The van der Waals surface area contributed by atoms with Gasteiger partial charge in [-0.1, -0.05) is 13.0 Å². The van der Waals surface area contributed by atoms with E-state index in [0.29, 0.717) is 0 Å². The van der Waals surface area contributed by atoms with Gasteiger partial charge in [0.1, 0.15) is 0 Å². The van der Waals surface area contributed by atoms with Gasteiger partial charge in [0.25, 0.3) is 0 Å². The fourth-order valence-corrected chi connectivity index (χ4v) is 1.28. The van der Waals surface area contributed by atoms with Gasteiger partial charge >= 0.3 is 0 Å². The fraction of sp³-hybridized carbons (Fsp3) is 0.778. The Balaban J connectivity index is 2.02. The lowest BCUT2D eigenvalue weighted by Crippen LogP contribution is -1.94.